The molecule has 7 nitrogen and oxygen atoms in total. The van der Waals surface area contributed by atoms with E-state index in [0.29, 0.717) is 17.9 Å². The highest BCUT2D eigenvalue weighted by atomic mass is 16.5. The summed E-state index contributed by atoms with van der Waals surface area (Å²) in [6, 6.07) is 5.70. The van der Waals surface area contributed by atoms with Crippen LogP contribution in [0.15, 0.2) is 30.0 Å². The van der Waals surface area contributed by atoms with Crippen LogP contribution in [0.1, 0.15) is 24.6 Å². The molecule has 3 aromatic heterocycles. The molecule has 0 spiro atoms. The van der Waals surface area contributed by atoms with Crippen LogP contribution in [-0.4, -0.2) is 37.5 Å². The molecule has 0 aliphatic heterocycles. The quantitative estimate of drug-likeness (QED) is 0.722. The Kier molecular flexibility index (Phi) is 4.31. The first-order valence-corrected chi connectivity index (χ1v) is 7.96. The van der Waals surface area contributed by atoms with E-state index in [0.717, 1.165) is 28.1 Å². The van der Waals surface area contributed by atoms with Crippen molar-refractivity contribution in [2.45, 2.75) is 20.3 Å². The standard InChI is InChI=1S/C18H20N4O3/c1-5-12(18(23)24)10-14-11(2)20-21(3)17(14)22-9-8-13-6-7-15(25-4)19-16(13)22/h6-10H,5H2,1-4H3,(H,23,24)/b12-10+. The van der Waals surface area contributed by atoms with Gasteiger partial charge in [0.05, 0.1) is 12.8 Å². The number of carbonyl (C=O) groups is 1. The van der Waals surface area contributed by atoms with Gasteiger partial charge in [0.1, 0.15) is 11.5 Å². The fourth-order valence-electron chi connectivity index (χ4n) is 2.88. The third-order valence-corrected chi connectivity index (χ3v) is 4.16. The number of carboxylic acids is 1. The molecule has 3 aromatic rings. The van der Waals surface area contributed by atoms with Crippen LogP contribution in [0.3, 0.4) is 0 Å². The van der Waals surface area contributed by atoms with Crippen molar-refractivity contribution in [2.24, 2.45) is 7.05 Å². The van der Waals surface area contributed by atoms with E-state index < -0.39 is 5.97 Å². The Morgan fingerprint density at radius 2 is 2.12 bits per heavy atom. The summed E-state index contributed by atoms with van der Waals surface area (Å²) in [6.07, 6.45) is 4.02. The first-order valence-electron chi connectivity index (χ1n) is 7.96. The lowest BCUT2D eigenvalue weighted by molar-refractivity contribution is -0.132. The number of aryl methyl sites for hydroxylation is 2. The summed E-state index contributed by atoms with van der Waals surface area (Å²) in [5.41, 5.74) is 2.59. The molecule has 0 aromatic carbocycles. The third-order valence-electron chi connectivity index (χ3n) is 4.16. The highest BCUT2D eigenvalue weighted by Crippen LogP contribution is 2.27. The second-order valence-corrected chi connectivity index (χ2v) is 5.73. The fraction of sp³-hybridized carbons (Fsp3) is 0.278. The van der Waals surface area contributed by atoms with Crippen molar-refractivity contribution in [2.75, 3.05) is 7.11 Å². The van der Waals surface area contributed by atoms with E-state index in [1.165, 1.54) is 0 Å². The summed E-state index contributed by atoms with van der Waals surface area (Å²) >= 11 is 0. The zero-order valence-electron chi connectivity index (χ0n) is 14.6. The first-order chi connectivity index (χ1) is 12.0. The normalized spacial score (nSPS) is 11.9. The largest absolute Gasteiger partial charge is 0.481 e. The molecular formula is C18H20N4O3. The number of methoxy groups -OCH3 is 1. The van der Waals surface area contributed by atoms with Gasteiger partial charge in [0.15, 0.2) is 0 Å². The number of carboxylic acid groups (broad SMARTS) is 1. The van der Waals surface area contributed by atoms with Gasteiger partial charge in [-0.1, -0.05) is 6.92 Å². The van der Waals surface area contributed by atoms with E-state index in [2.05, 4.69) is 10.1 Å². The molecule has 0 aliphatic carbocycles. The van der Waals surface area contributed by atoms with Crippen molar-refractivity contribution in [1.29, 1.82) is 0 Å². The van der Waals surface area contributed by atoms with Crippen LogP contribution in [0.2, 0.25) is 0 Å². The van der Waals surface area contributed by atoms with Gasteiger partial charge in [-0.2, -0.15) is 10.1 Å². The number of nitrogens with zero attached hydrogens (tertiary/aromatic N) is 4. The van der Waals surface area contributed by atoms with Gasteiger partial charge >= 0.3 is 5.97 Å². The Morgan fingerprint density at radius 1 is 1.36 bits per heavy atom. The molecule has 0 fully saturated rings. The smallest absolute Gasteiger partial charge is 0.331 e. The zero-order chi connectivity index (χ0) is 18.1. The van der Waals surface area contributed by atoms with Crippen LogP contribution < -0.4 is 4.74 Å². The van der Waals surface area contributed by atoms with Crippen LogP contribution in [0, 0.1) is 6.92 Å². The van der Waals surface area contributed by atoms with Gasteiger partial charge in [0, 0.05) is 35.8 Å². The molecule has 0 radical (unpaired) electrons. The summed E-state index contributed by atoms with van der Waals surface area (Å²) < 4.78 is 8.86. The average molecular weight is 340 g/mol. The lowest BCUT2D eigenvalue weighted by Gasteiger charge is -2.08. The number of ether oxygens (including phenoxy) is 1. The third kappa shape index (κ3) is 2.88. The molecule has 0 amide bonds. The topological polar surface area (TPSA) is 82.2 Å². The fourth-order valence-corrected chi connectivity index (χ4v) is 2.88. The second-order valence-electron chi connectivity index (χ2n) is 5.73. The molecule has 7 heteroatoms. The molecule has 0 saturated carbocycles. The Labute approximate surface area is 145 Å². The van der Waals surface area contributed by atoms with Crippen LogP contribution in [-0.2, 0) is 11.8 Å². The lowest BCUT2D eigenvalue weighted by Crippen LogP contribution is -2.05. The van der Waals surface area contributed by atoms with Crippen molar-refractivity contribution in [1.82, 2.24) is 19.3 Å². The Morgan fingerprint density at radius 3 is 2.76 bits per heavy atom. The zero-order valence-corrected chi connectivity index (χ0v) is 14.6. The first kappa shape index (κ1) is 16.8. The van der Waals surface area contributed by atoms with Crippen LogP contribution in [0.4, 0.5) is 0 Å². The maximum absolute atomic E-state index is 11.4. The van der Waals surface area contributed by atoms with Crippen LogP contribution in [0.25, 0.3) is 22.9 Å². The minimum atomic E-state index is -0.922. The van der Waals surface area contributed by atoms with Crippen molar-refractivity contribution in [3.63, 3.8) is 0 Å². The Hall–Kier alpha value is -3.09. The second kappa shape index (κ2) is 6.43. The summed E-state index contributed by atoms with van der Waals surface area (Å²) in [5.74, 6) is 0.359. The van der Waals surface area contributed by atoms with Crippen molar-refractivity contribution in [3.05, 3.63) is 41.2 Å². The van der Waals surface area contributed by atoms with Gasteiger partial charge in [-0.25, -0.2) is 4.79 Å². The Bertz CT molecular complexity index is 982. The van der Waals surface area contributed by atoms with Gasteiger partial charge in [0.25, 0.3) is 0 Å². The number of aromatic nitrogens is 4. The molecule has 3 rings (SSSR count). The van der Waals surface area contributed by atoms with Crippen LogP contribution >= 0.6 is 0 Å². The highest BCUT2D eigenvalue weighted by molar-refractivity contribution is 5.93. The van der Waals surface area contributed by atoms with Crippen LogP contribution in [0.5, 0.6) is 5.88 Å². The number of pyridine rings is 1. The number of rotatable bonds is 5. The molecule has 0 atom stereocenters. The van der Waals surface area contributed by atoms with Crippen molar-refractivity contribution >= 4 is 23.1 Å². The number of aliphatic carboxylic acids is 1. The maximum Gasteiger partial charge on any atom is 0.331 e. The summed E-state index contributed by atoms with van der Waals surface area (Å²) in [4.78, 5) is 15.9. The summed E-state index contributed by atoms with van der Waals surface area (Å²) in [7, 11) is 3.41. The van der Waals surface area contributed by atoms with Crippen molar-refractivity contribution in [3.8, 4) is 11.7 Å². The van der Waals surface area contributed by atoms with Gasteiger partial charge in [-0.05, 0) is 31.6 Å². The molecule has 130 valence electrons. The van der Waals surface area contributed by atoms with E-state index in [9.17, 15) is 9.90 Å². The Balaban J connectivity index is 2.27. The van der Waals surface area contributed by atoms with Crippen molar-refractivity contribution < 1.29 is 14.6 Å². The lowest BCUT2D eigenvalue weighted by atomic mass is 10.1. The van der Waals surface area contributed by atoms with E-state index in [4.69, 9.17) is 4.74 Å². The minimum Gasteiger partial charge on any atom is -0.481 e. The number of fused-ring (bicyclic) bond motifs is 1. The number of hydrogen-bond donors (Lipinski definition) is 1. The molecule has 3 heterocycles. The molecule has 0 unspecified atom stereocenters. The summed E-state index contributed by atoms with van der Waals surface area (Å²) in [5, 5.41) is 14.8. The molecule has 0 saturated heterocycles. The molecular weight excluding hydrogens is 320 g/mol. The van der Waals surface area contributed by atoms with E-state index in [1.807, 2.05) is 49.9 Å². The van der Waals surface area contributed by atoms with Gasteiger partial charge in [0.2, 0.25) is 5.88 Å². The van der Waals surface area contributed by atoms with Gasteiger partial charge in [-0.3, -0.25) is 9.25 Å². The van der Waals surface area contributed by atoms with E-state index >= 15 is 0 Å². The average Bonchev–Trinajstić information content (AvgIpc) is 3.11. The SMILES string of the molecule is CC/C(=C\c1c(C)nn(C)c1-n1ccc2ccc(OC)nc21)C(=O)O. The maximum atomic E-state index is 11.4. The highest BCUT2D eigenvalue weighted by Gasteiger charge is 2.18. The predicted molar refractivity (Wildman–Crippen MR) is 95.0 cm³/mol. The monoisotopic (exact) mass is 340 g/mol. The predicted octanol–water partition coefficient (Wildman–Crippen LogP) is 2.95. The van der Waals surface area contributed by atoms with E-state index in [1.54, 1.807) is 17.9 Å². The number of hydrogen-bond acceptors (Lipinski definition) is 4. The van der Waals surface area contributed by atoms with Gasteiger partial charge in [-0.15, -0.1) is 0 Å². The molecule has 0 bridgehead atoms. The molecule has 1 N–H and O–H groups in total. The molecule has 0 aliphatic rings. The minimum absolute atomic E-state index is 0.333. The van der Waals surface area contributed by atoms with Gasteiger partial charge < -0.3 is 9.84 Å². The summed E-state index contributed by atoms with van der Waals surface area (Å²) in [6.45, 7) is 3.69. The molecule has 25 heavy (non-hydrogen) atoms. The van der Waals surface area contributed by atoms with E-state index in [-0.39, 0.29) is 0 Å².